The summed E-state index contributed by atoms with van der Waals surface area (Å²) in [7, 11) is 1.71. The van der Waals surface area contributed by atoms with Crippen LogP contribution in [0.5, 0.6) is 0 Å². The largest absolute Gasteiger partial charge is 0.383 e. The lowest BCUT2D eigenvalue weighted by molar-refractivity contribution is 0.210. The minimum atomic E-state index is 0.634. The van der Waals surface area contributed by atoms with Gasteiger partial charge >= 0.3 is 0 Å². The molecule has 0 saturated heterocycles. The van der Waals surface area contributed by atoms with Crippen LogP contribution in [0.25, 0.3) is 26.4 Å². The van der Waals surface area contributed by atoms with Gasteiger partial charge in [-0.1, -0.05) is 54.1 Å². The van der Waals surface area contributed by atoms with E-state index in [0.717, 1.165) is 50.2 Å². The molecule has 4 aromatic rings. The zero-order valence-corrected chi connectivity index (χ0v) is 16.3. The molecule has 2 heterocycles. The second-order valence-electron chi connectivity index (χ2n) is 6.11. The van der Waals surface area contributed by atoms with E-state index in [0.29, 0.717) is 6.61 Å². The monoisotopic (exact) mass is 385 g/mol. The molecule has 4 nitrogen and oxygen atoms in total. The molecule has 26 heavy (non-hydrogen) atoms. The number of aromatic nitrogens is 2. The molecule has 0 fully saturated rings. The molecule has 0 amide bonds. The Morgan fingerprint density at radius 2 is 2.00 bits per heavy atom. The Kier molecular flexibility index (Phi) is 4.85. The predicted molar refractivity (Wildman–Crippen MR) is 111 cm³/mol. The van der Waals surface area contributed by atoms with Gasteiger partial charge in [-0.05, 0) is 30.2 Å². The Bertz CT molecular complexity index is 1050. The second-order valence-corrected chi connectivity index (χ2v) is 7.56. The van der Waals surface area contributed by atoms with Gasteiger partial charge in [-0.15, -0.1) is 0 Å². The molecular weight excluding hydrogens is 366 g/mol. The number of hydrogen-bond acceptors (Lipinski definition) is 4. The number of aryl methyl sites for hydroxylation is 1. The molecule has 0 saturated carbocycles. The zero-order valence-electron chi connectivity index (χ0n) is 14.8. The lowest BCUT2D eigenvalue weighted by atomic mass is 10.1. The number of thiazole rings is 1. The SMILES string of the molecule is CCc1ccc(-c2nc3sc4cc(Cl)ccc4n3c2NCCOC)cc1. The Labute approximate surface area is 161 Å². The van der Waals surface area contributed by atoms with Gasteiger partial charge in [0.2, 0.25) is 0 Å². The van der Waals surface area contributed by atoms with Crippen LogP contribution in [0.15, 0.2) is 42.5 Å². The number of fused-ring (bicyclic) bond motifs is 3. The summed E-state index contributed by atoms with van der Waals surface area (Å²) >= 11 is 7.80. The van der Waals surface area contributed by atoms with E-state index in [4.69, 9.17) is 21.3 Å². The molecule has 0 aliphatic carbocycles. The highest BCUT2D eigenvalue weighted by Gasteiger charge is 2.18. The van der Waals surface area contributed by atoms with E-state index in [-0.39, 0.29) is 0 Å². The predicted octanol–water partition coefficient (Wildman–Crippen LogP) is 5.49. The molecule has 134 valence electrons. The smallest absolute Gasteiger partial charge is 0.197 e. The number of halogens is 1. The molecule has 0 aliphatic rings. The Morgan fingerprint density at radius 3 is 2.73 bits per heavy atom. The zero-order chi connectivity index (χ0) is 18.1. The highest BCUT2D eigenvalue weighted by molar-refractivity contribution is 7.23. The van der Waals surface area contributed by atoms with Gasteiger partial charge in [-0.2, -0.15) is 0 Å². The molecule has 0 atom stereocenters. The maximum atomic E-state index is 6.16. The molecule has 0 aliphatic heterocycles. The highest BCUT2D eigenvalue weighted by Crippen LogP contribution is 2.37. The number of hydrogen-bond donors (Lipinski definition) is 1. The molecule has 0 unspecified atom stereocenters. The molecule has 0 spiro atoms. The van der Waals surface area contributed by atoms with Gasteiger partial charge in [-0.25, -0.2) is 4.98 Å². The summed E-state index contributed by atoms with van der Waals surface area (Å²) in [6.45, 7) is 3.52. The van der Waals surface area contributed by atoms with Crippen molar-refractivity contribution in [2.24, 2.45) is 0 Å². The van der Waals surface area contributed by atoms with Gasteiger partial charge in [0.1, 0.15) is 11.5 Å². The fourth-order valence-electron chi connectivity index (χ4n) is 3.08. The number of nitrogens with zero attached hydrogens (tertiary/aromatic N) is 2. The number of anilines is 1. The molecule has 0 bridgehead atoms. The Balaban J connectivity index is 1.88. The summed E-state index contributed by atoms with van der Waals surface area (Å²) in [5.41, 5.74) is 4.51. The summed E-state index contributed by atoms with van der Waals surface area (Å²) < 4.78 is 8.51. The summed E-state index contributed by atoms with van der Waals surface area (Å²) in [5, 5.41) is 4.25. The molecule has 0 radical (unpaired) electrons. The van der Waals surface area contributed by atoms with Crippen LogP contribution in [0.3, 0.4) is 0 Å². The number of methoxy groups -OCH3 is 1. The van der Waals surface area contributed by atoms with Crippen molar-refractivity contribution in [2.75, 3.05) is 25.6 Å². The van der Waals surface area contributed by atoms with E-state index in [1.54, 1.807) is 18.4 Å². The van der Waals surface area contributed by atoms with Crippen molar-refractivity contribution in [3.05, 3.63) is 53.1 Å². The maximum Gasteiger partial charge on any atom is 0.197 e. The molecule has 1 N–H and O–H groups in total. The maximum absolute atomic E-state index is 6.16. The van der Waals surface area contributed by atoms with Gasteiger partial charge in [-0.3, -0.25) is 4.40 Å². The average Bonchev–Trinajstić information content (AvgIpc) is 3.18. The number of benzene rings is 2. The fourth-order valence-corrected chi connectivity index (χ4v) is 4.38. The molecular formula is C20H20ClN3OS. The van der Waals surface area contributed by atoms with Crippen LogP contribution >= 0.6 is 22.9 Å². The topological polar surface area (TPSA) is 38.6 Å². The molecule has 6 heteroatoms. The first kappa shape index (κ1) is 17.3. The van der Waals surface area contributed by atoms with E-state index in [9.17, 15) is 0 Å². The third kappa shape index (κ3) is 3.07. The highest BCUT2D eigenvalue weighted by atomic mass is 35.5. The van der Waals surface area contributed by atoms with Crippen molar-refractivity contribution in [1.82, 2.24) is 9.38 Å². The summed E-state index contributed by atoms with van der Waals surface area (Å²) in [6.07, 6.45) is 1.03. The summed E-state index contributed by atoms with van der Waals surface area (Å²) in [4.78, 5) is 5.87. The molecule has 4 rings (SSSR count). The van der Waals surface area contributed by atoms with Crippen LogP contribution in [0.4, 0.5) is 5.82 Å². The normalized spacial score (nSPS) is 11.5. The third-order valence-corrected chi connectivity index (χ3v) is 5.68. The Morgan fingerprint density at radius 1 is 1.19 bits per heavy atom. The summed E-state index contributed by atoms with van der Waals surface area (Å²) in [5.74, 6) is 0.995. The average molecular weight is 386 g/mol. The first-order valence-electron chi connectivity index (χ1n) is 8.64. The minimum absolute atomic E-state index is 0.634. The number of imidazole rings is 1. The van der Waals surface area contributed by atoms with Crippen LogP contribution in [-0.2, 0) is 11.2 Å². The van der Waals surface area contributed by atoms with Crippen molar-refractivity contribution >= 4 is 43.9 Å². The second kappa shape index (κ2) is 7.27. The van der Waals surface area contributed by atoms with E-state index in [1.165, 1.54) is 5.56 Å². The molecule has 2 aromatic heterocycles. The van der Waals surface area contributed by atoms with Crippen LogP contribution < -0.4 is 5.32 Å². The first-order valence-corrected chi connectivity index (χ1v) is 9.83. The Hall–Kier alpha value is -2.08. The van der Waals surface area contributed by atoms with Crippen molar-refractivity contribution in [1.29, 1.82) is 0 Å². The standard InChI is InChI=1S/C20H20ClN3OS/c1-3-13-4-6-14(7-5-13)18-19(22-10-11-25-2)24-16-9-8-15(21)12-17(16)26-20(24)23-18/h4-9,12,22H,3,10-11H2,1-2H3. The van der Waals surface area contributed by atoms with Gasteiger partial charge in [0.15, 0.2) is 4.96 Å². The molecule has 2 aromatic carbocycles. The van der Waals surface area contributed by atoms with Crippen LogP contribution in [-0.4, -0.2) is 29.6 Å². The van der Waals surface area contributed by atoms with Gasteiger partial charge in [0.25, 0.3) is 0 Å². The van der Waals surface area contributed by atoms with E-state index in [1.807, 2.05) is 18.2 Å². The van der Waals surface area contributed by atoms with Crippen LogP contribution in [0, 0.1) is 0 Å². The van der Waals surface area contributed by atoms with Crippen LogP contribution in [0.1, 0.15) is 12.5 Å². The van der Waals surface area contributed by atoms with Crippen molar-refractivity contribution in [3.8, 4) is 11.3 Å². The number of rotatable bonds is 6. The first-order chi connectivity index (χ1) is 12.7. The lowest BCUT2D eigenvalue weighted by Gasteiger charge is -2.09. The quantitative estimate of drug-likeness (QED) is 0.446. The lowest BCUT2D eigenvalue weighted by Crippen LogP contribution is -2.10. The van der Waals surface area contributed by atoms with Gasteiger partial charge in [0, 0.05) is 24.2 Å². The summed E-state index contributed by atoms with van der Waals surface area (Å²) in [6, 6.07) is 14.6. The van der Waals surface area contributed by atoms with E-state index in [2.05, 4.69) is 40.9 Å². The van der Waals surface area contributed by atoms with Gasteiger partial charge in [0.05, 0.1) is 16.8 Å². The van der Waals surface area contributed by atoms with Crippen LogP contribution in [0.2, 0.25) is 5.02 Å². The third-order valence-electron chi connectivity index (χ3n) is 4.44. The fraction of sp³-hybridized carbons (Fsp3) is 0.250. The number of nitrogens with one attached hydrogen (secondary N) is 1. The van der Waals surface area contributed by atoms with Crippen molar-refractivity contribution in [3.63, 3.8) is 0 Å². The minimum Gasteiger partial charge on any atom is -0.383 e. The number of ether oxygens (including phenoxy) is 1. The van der Waals surface area contributed by atoms with E-state index < -0.39 is 0 Å². The van der Waals surface area contributed by atoms with Crippen molar-refractivity contribution < 1.29 is 4.74 Å². The van der Waals surface area contributed by atoms with Crippen molar-refractivity contribution in [2.45, 2.75) is 13.3 Å². The van der Waals surface area contributed by atoms with E-state index >= 15 is 0 Å². The van der Waals surface area contributed by atoms with Gasteiger partial charge < -0.3 is 10.1 Å².